The van der Waals surface area contributed by atoms with Crippen LogP contribution in [0.1, 0.15) is 32.1 Å². The maximum atomic E-state index is 11.0. The molecule has 0 aromatic heterocycles. The van der Waals surface area contributed by atoms with E-state index in [1.165, 1.54) is 0 Å². The average Bonchev–Trinajstić information content (AvgIpc) is 2.63. The molecule has 6 nitrogen and oxygen atoms in total. The fourth-order valence-corrected chi connectivity index (χ4v) is 3.14. The molecule has 0 saturated carbocycles. The van der Waals surface area contributed by atoms with E-state index in [1.807, 2.05) is 18.2 Å². The van der Waals surface area contributed by atoms with Crippen molar-refractivity contribution in [3.63, 3.8) is 0 Å². The van der Waals surface area contributed by atoms with Gasteiger partial charge >= 0.3 is 11.9 Å². The molecule has 0 amide bonds. The van der Waals surface area contributed by atoms with Crippen molar-refractivity contribution in [3.8, 4) is 0 Å². The quantitative estimate of drug-likeness (QED) is 0.708. The highest BCUT2D eigenvalue weighted by atomic mass is 16.5. The molecule has 138 valence electrons. The monoisotopic (exact) mass is 358 g/mol. The van der Waals surface area contributed by atoms with E-state index < -0.39 is 17.9 Å². The highest BCUT2D eigenvalue weighted by molar-refractivity contribution is 5.90. The number of rotatable bonds is 6. The van der Waals surface area contributed by atoms with Crippen LogP contribution in [0.15, 0.2) is 59.6 Å². The van der Waals surface area contributed by atoms with Crippen LogP contribution in [0.5, 0.6) is 0 Å². The van der Waals surface area contributed by atoms with Crippen molar-refractivity contribution in [3.05, 3.63) is 59.6 Å². The minimum absolute atomic E-state index is 0.122. The van der Waals surface area contributed by atoms with Crippen LogP contribution >= 0.6 is 0 Å². The first-order valence-corrected chi connectivity index (χ1v) is 8.78. The Labute approximate surface area is 151 Å². The summed E-state index contributed by atoms with van der Waals surface area (Å²) in [4.78, 5) is 21.9. The summed E-state index contributed by atoms with van der Waals surface area (Å²) in [5.74, 6) is -0.608. The summed E-state index contributed by atoms with van der Waals surface area (Å²) in [7, 11) is 0. The van der Waals surface area contributed by atoms with Gasteiger partial charge in [0.1, 0.15) is 23.7 Å². The topological polar surface area (TPSA) is 93.1 Å². The number of hydrogen-bond acceptors (Lipinski definition) is 4. The van der Waals surface area contributed by atoms with E-state index in [2.05, 4.69) is 0 Å². The lowest BCUT2D eigenvalue weighted by Crippen LogP contribution is -2.21. The molecule has 0 spiro atoms. The highest BCUT2D eigenvalue weighted by Crippen LogP contribution is 2.27. The molecule has 3 aliphatic carbocycles. The third-order valence-corrected chi connectivity index (χ3v) is 4.57. The summed E-state index contributed by atoms with van der Waals surface area (Å²) < 4.78 is 11.9. The fraction of sp³-hybridized carbons (Fsp3) is 0.400. The minimum atomic E-state index is -0.930. The zero-order chi connectivity index (χ0) is 18.5. The lowest BCUT2D eigenvalue weighted by Gasteiger charge is -2.25. The SMILES string of the molecule is O=C(O)C1=CCC(OC2=CC(OC3C=CC(C(=O)O)CC3)=CCC2)C=C1. The normalized spacial score (nSPS) is 27.8. The molecule has 3 aliphatic rings. The largest absolute Gasteiger partial charge is 0.490 e. The van der Waals surface area contributed by atoms with E-state index in [0.717, 1.165) is 24.4 Å². The maximum Gasteiger partial charge on any atom is 0.335 e. The van der Waals surface area contributed by atoms with Crippen molar-refractivity contribution >= 4 is 11.9 Å². The summed E-state index contributed by atoms with van der Waals surface area (Å²) in [5.41, 5.74) is 0.287. The minimum Gasteiger partial charge on any atom is -0.490 e. The molecule has 26 heavy (non-hydrogen) atoms. The number of allylic oxidation sites excluding steroid dienone is 3. The Kier molecular flexibility index (Phi) is 5.61. The number of aliphatic carboxylic acids is 2. The summed E-state index contributed by atoms with van der Waals surface area (Å²) in [6.07, 6.45) is 15.4. The van der Waals surface area contributed by atoms with Crippen molar-refractivity contribution < 1.29 is 29.3 Å². The van der Waals surface area contributed by atoms with Gasteiger partial charge in [-0.3, -0.25) is 4.79 Å². The van der Waals surface area contributed by atoms with Crippen molar-refractivity contribution in [1.82, 2.24) is 0 Å². The highest BCUT2D eigenvalue weighted by Gasteiger charge is 2.23. The predicted octanol–water partition coefficient (Wildman–Crippen LogP) is 3.34. The number of carboxylic acids is 2. The molecule has 0 bridgehead atoms. The zero-order valence-corrected chi connectivity index (χ0v) is 14.3. The number of hydrogen-bond donors (Lipinski definition) is 2. The Bertz CT molecular complexity index is 725. The van der Waals surface area contributed by atoms with Gasteiger partial charge in [-0.2, -0.15) is 0 Å². The van der Waals surface area contributed by atoms with Gasteiger partial charge in [0.25, 0.3) is 0 Å². The molecular formula is C20H22O6. The van der Waals surface area contributed by atoms with Gasteiger partial charge in [0.05, 0.1) is 11.5 Å². The van der Waals surface area contributed by atoms with Gasteiger partial charge in [-0.25, -0.2) is 4.79 Å². The second kappa shape index (κ2) is 8.08. The molecule has 0 aromatic carbocycles. The van der Waals surface area contributed by atoms with Crippen LogP contribution in [-0.4, -0.2) is 34.4 Å². The molecule has 0 aromatic rings. The first kappa shape index (κ1) is 18.0. The van der Waals surface area contributed by atoms with Crippen molar-refractivity contribution in [2.75, 3.05) is 0 Å². The molecule has 3 unspecified atom stereocenters. The molecule has 0 aliphatic heterocycles. The summed E-state index contributed by atoms with van der Waals surface area (Å²) in [6.45, 7) is 0. The van der Waals surface area contributed by atoms with Crippen LogP contribution in [0, 0.1) is 5.92 Å². The van der Waals surface area contributed by atoms with E-state index in [1.54, 1.807) is 24.3 Å². The molecular weight excluding hydrogens is 336 g/mol. The van der Waals surface area contributed by atoms with E-state index >= 15 is 0 Å². The van der Waals surface area contributed by atoms with Gasteiger partial charge < -0.3 is 19.7 Å². The van der Waals surface area contributed by atoms with E-state index in [9.17, 15) is 9.59 Å². The van der Waals surface area contributed by atoms with E-state index in [0.29, 0.717) is 19.3 Å². The molecule has 0 fully saturated rings. The zero-order valence-electron chi connectivity index (χ0n) is 14.3. The van der Waals surface area contributed by atoms with Crippen LogP contribution in [0.25, 0.3) is 0 Å². The fourth-order valence-electron chi connectivity index (χ4n) is 3.14. The molecule has 3 rings (SSSR count). The summed E-state index contributed by atoms with van der Waals surface area (Å²) in [6, 6.07) is 0. The molecule has 3 atom stereocenters. The van der Waals surface area contributed by atoms with Crippen molar-refractivity contribution in [2.24, 2.45) is 5.92 Å². The van der Waals surface area contributed by atoms with Gasteiger partial charge in [0.15, 0.2) is 0 Å². The first-order valence-electron chi connectivity index (χ1n) is 8.78. The first-order chi connectivity index (χ1) is 12.5. The summed E-state index contributed by atoms with van der Waals surface area (Å²) in [5, 5.41) is 18.0. The molecule has 0 saturated heterocycles. The second-order valence-corrected chi connectivity index (χ2v) is 6.53. The second-order valence-electron chi connectivity index (χ2n) is 6.53. The third-order valence-electron chi connectivity index (χ3n) is 4.57. The number of carbonyl (C=O) groups is 2. The Morgan fingerprint density at radius 2 is 1.85 bits per heavy atom. The third kappa shape index (κ3) is 4.65. The number of carboxylic acid groups (broad SMARTS) is 2. The van der Waals surface area contributed by atoms with Gasteiger partial charge in [-0.05, 0) is 43.6 Å². The summed E-state index contributed by atoms with van der Waals surface area (Å²) >= 11 is 0. The molecule has 0 heterocycles. The van der Waals surface area contributed by atoms with E-state index in [-0.39, 0.29) is 17.8 Å². The van der Waals surface area contributed by atoms with Crippen LogP contribution in [0.4, 0.5) is 0 Å². The van der Waals surface area contributed by atoms with Crippen LogP contribution in [0.3, 0.4) is 0 Å². The maximum absolute atomic E-state index is 11.0. The average molecular weight is 358 g/mol. The molecule has 6 heteroatoms. The van der Waals surface area contributed by atoms with E-state index in [4.69, 9.17) is 19.7 Å². The van der Waals surface area contributed by atoms with Gasteiger partial charge in [0, 0.05) is 18.9 Å². The Hall–Kier alpha value is -2.76. The van der Waals surface area contributed by atoms with Crippen molar-refractivity contribution in [1.29, 1.82) is 0 Å². The lowest BCUT2D eigenvalue weighted by molar-refractivity contribution is -0.140. The van der Waals surface area contributed by atoms with Gasteiger partial charge in [-0.15, -0.1) is 0 Å². The van der Waals surface area contributed by atoms with Crippen LogP contribution in [-0.2, 0) is 19.1 Å². The van der Waals surface area contributed by atoms with Crippen LogP contribution < -0.4 is 0 Å². The van der Waals surface area contributed by atoms with Crippen molar-refractivity contribution in [2.45, 2.75) is 44.3 Å². The smallest absolute Gasteiger partial charge is 0.335 e. The number of ether oxygens (including phenoxy) is 2. The Balaban J connectivity index is 1.54. The molecule has 2 N–H and O–H groups in total. The Morgan fingerprint density at radius 1 is 1.00 bits per heavy atom. The predicted molar refractivity (Wildman–Crippen MR) is 94.1 cm³/mol. The van der Waals surface area contributed by atoms with Crippen LogP contribution in [0.2, 0.25) is 0 Å². The van der Waals surface area contributed by atoms with Gasteiger partial charge in [-0.1, -0.05) is 12.2 Å². The van der Waals surface area contributed by atoms with Gasteiger partial charge in [0.2, 0.25) is 0 Å². The lowest BCUT2D eigenvalue weighted by atomic mass is 9.94. The Morgan fingerprint density at radius 3 is 2.46 bits per heavy atom. The standard InChI is InChI=1S/C20H22O6/c21-19(22)13-4-8-15(9-5-13)25-17-2-1-3-18(12-17)26-16-10-6-14(7-11-16)20(23)24/h2,4,6-8,10,12-13,15-16H,1,3,5,9,11H2,(H,21,22)(H,23,24). The molecule has 0 radical (unpaired) electrons.